The van der Waals surface area contributed by atoms with E-state index in [4.69, 9.17) is 0 Å². The third kappa shape index (κ3) is 0.709. The van der Waals surface area contributed by atoms with Gasteiger partial charge in [-0.3, -0.25) is 0 Å². The van der Waals surface area contributed by atoms with Crippen molar-refractivity contribution in [1.29, 1.82) is 0 Å². The fraction of sp³-hybridized carbons (Fsp3) is 0.714. The summed E-state index contributed by atoms with van der Waals surface area (Å²) in [4.78, 5) is 0. The molecule has 10 heteroatoms. The molecule has 3 aliphatic carbocycles. The Kier molecular flexibility index (Phi) is 1.77. The molecule has 3 rings (SSSR count). The molecule has 98 valence electrons. The van der Waals surface area contributed by atoms with Crippen molar-refractivity contribution in [2.75, 3.05) is 0 Å². The van der Waals surface area contributed by atoms with Crippen LogP contribution in [0.15, 0.2) is 11.7 Å². The van der Waals surface area contributed by atoms with E-state index in [1.54, 1.807) is 0 Å². The molecule has 0 nitrogen and oxygen atoms in total. The molecule has 0 N–H and O–H groups in total. The Hall–Kier alpha value is -0.960. The van der Waals surface area contributed by atoms with Gasteiger partial charge in [0.25, 0.3) is 5.67 Å². The molecule has 17 heavy (non-hydrogen) atoms. The molecule has 0 radical (unpaired) electrons. The highest BCUT2D eigenvalue weighted by molar-refractivity contribution is 5.52. The number of hydrogen-bond acceptors (Lipinski definition) is 0. The van der Waals surface area contributed by atoms with Crippen molar-refractivity contribution in [3.63, 3.8) is 0 Å². The first-order valence-corrected chi connectivity index (χ1v) is 3.89. The zero-order valence-electron chi connectivity index (χ0n) is 7.28. The minimum atomic E-state index is -6.15. The van der Waals surface area contributed by atoms with E-state index in [2.05, 4.69) is 0 Å². The van der Waals surface area contributed by atoms with Crippen LogP contribution in [0.1, 0.15) is 0 Å². The van der Waals surface area contributed by atoms with Crippen molar-refractivity contribution in [3.8, 4) is 0 Å². The van der Waals surface area contributed by atoms with Gasteiger partial charge in [0.05, 0.1) is 0 Å². The summed E-state index contributed by atoms with van der Waals surface area (Å²) >= 11 is 0. The van der Waals surface area contributed by atoms with Gasteiger partial charge in [0, 0.05) is 0 Å². The van der Waals surface area contributed by atoms with Gasteiger partial charge >= 0.3 is 23.4 Å². The maximum absolute atomic E-state index is 13.0. The van der Waals surface area contributed by atoms with Crippen LogP contribution in [0.5, 0.6) is 0 Å². The third-order valence-corrected chi connectivity index (χ3v) is 2.93. The van der Waals surface area contributed by atoms with Crippen LogP contribution in [0.3, 0.4) is 0 Å². The number of halogens is 10. The maximum atomic E-state index is 13.0. The highest BCUT2D eigenvalue weighted by Gasteiger charge is 3.08. The predicted octanol–water partition coefficient (Wildman–Crippen LogP) is 3.49. The van der Waals surface area contributed by atoms with E-state index in [0.29, 0.717) is 0 Å². The Balaban J connectivity index is 2.88. The Bertz CT molecular complexity index is 416. The maximum Gasteiger partial charge on any atom is 0.347 e. The average molecular weight is 274 g/mol. The first-order valence-electron chi connectivity index (χ1n) is 3.89. The van der Waals surface area contributed by atoms with Crippen LogP contribution in [0, 0.1) is 0 Å². The second kappa shape index (κ2) is 2.41. The van der Waals surface area contributed by atoms with Crippen LogP contribution in [0.25, 0.3) is 0 Å². The molecule has 0 unspecified atom stereocenters. The minimum absolute atomic E-state index is 3.58. The lowest BCUT2D eigenvalue weighted by Gasteiger charge is -2.61. The number of fused-ring (bicyclic) bond motifs is 1. The molecule has 0 atom stereocenters. The molecule has 3 aliphatic rings. The zero-order chi connectivity index (χ0) is 13.7. The molecular weight excluding hydrogens is 274 g/mol. The normalized spacial score (nSPS) is 45.5. The molecule has 2 bridgehead atoms. The lowest BCUT2D eigenvalue weighted by molar-refractivity contribution is -0.473. The van der Waals surface area contributed by atoms with Crippen molar-refractivity contribution in [2.45, 2.75) is 29.1 Å². The SMILES string of the molecule is FC1=C(F)C2(F)C(F)(F)C(F)(C1(F)F)C2(F)F. The summed E-state index contributed by atoms with van der Waals surface area (Å²) in [5, 5.41) is 0. The largest absolute Gasteiger partial charge is 0.347 e. The van der Waals surface area contributed by atoms with Gasteiger partial charge in [-0.05, 0) is 0 Å². The molecule has 0 aromatic heterocycles. The fourth-order valence-electron chi connectivity index (χ4n) is 1.92. The van der Waals surface area contributed by atoms with Crippen molar-refractivity contribution in [2.24, 2.45) is 0 Å². The summed E-state index contributed by atoms with van der Waals surface area (Å²) in [5.41, 5.74) is -11.8. The molecular formula is C7F10. The number of alkyl halides is 8. The minimum Gasteiger partial charge on any atom is -0.223 e. The van der Waals surface area contributed by atoms with Gasteiger partial charge < -0.3 is 0 Å². The van der Waals surface area contributed by atoms with E-state index in [9.17, 15) is 43.9 Å². The summed E-state index contributed by atoms with van der Waals surface area (Å²) in [7, 11) is 0. The molecule has 0 spiro atoms. The Morgan fingerprint density at radius 1 is 0.588 bits per heavy atom. The van der Waals surface area contributed by atoms with Crippen LogP contribution in [-0.4, -0.2) is 29.1 Å². The second-order valence-corrected chi connectivity index (χ2v) is 3.67. The van der Waals surface area contributed by atoms with E-state index in [0.717, 1.165) is 0 Å². The number of hydrogen-bond donors (Lipinski definition) is 0. The van der Waals surface area contributed by atoms with Crippen molar-refractivity contribution >= 4 is 0 Å². The molecule has 0 saturated heterocycles. The molecule has 1 fully saturated rings. The molecule has 0 aromatic carbocycles. The Labute approximate surface area is 85.9 Å². The lowest BCUT2D eigenvalue weighted by atomic mass is 9.54. The van der Waals surface area contributed by atoms with Gasteiger partial charge in [-0.25, -0.2) is 17.6 Å². The van der Waals surface area contributed by atoms with Gasteiger partial charge in [0.2, 0.25) is 5.83 Å². The average Bonchev–Trinajstić information content (AvgIpc) is 2.21. The Morgan fingerprint density at radius 2 is 0.941 bits per heavy atom. The number of rotatable bonds is 0. The van der Waals surface area contributed by atoms with Crippen molar-refractivity contribution < 1.29 is 43.9 Å². The van der Waals surface area contributed by atoms with E-state index >= 15 is 0 Å². The lowest BCUT2D eigenvalue weighted by Crippen LogP contribution is -2.93. The van der Waals surface area contributed by atoms with Crippen LogP contribution < -0.4 is 0 Å². The van der Waals surface area contributed by atoms with Crippen LogP contribution in [0.4, 0.5) is 43.9 Å². The van der Waals surface area contributed by atoms with Crippen LogP contribution in [-0.2, 0) is 0 Å². The van der Waals surface area contributed by atoms with Gasteiger partial charge in [-0.2, -0.15) is 26.3 Å². The van der Waals surface area contributed by atoms with Crippen molar-refractivity contribution in [3.05, 3.63) is 11.7 Å². The Morgan fingerprint density at radius 3 is 1.29 bits per heavy atom. The molecule has 0 amide bonds. The van der Waals surface area contributed by atoms with Gasteiger partial charge in [-0.15, -0.1) is 0 Å². The summed E-state index contributed by atoms with van der Waals surface area (Å²) in [5.74, 6) is -25.6. The van der Waals surface area contributed by atoms with E-state index in [1.807, 2.05) is 0 Å². The molecule has 0 aromatic rings. The predicted molar refractivity (Wildman–Crippen MR) is 31.8 cm³/mol. The monoisotopic (exact) mass is 274 g/mol. The molecule has 1 saturated carbocycles. The molecule has 0 aliphatic heterocycles. The summed E-state index contributed by atoms with van der Waals surface area (Å²) in [6.45, 7) is 0. The number of allylic oxidation sites excluding steroid dienone is 2. The standard InChI is InChI=1S/C7F10/c8-1-2(9)4(11,12)5(13)6(14,15)3(1,10)7(5,16)17. The first kappa shape index (κ1) is 12.5. The van der Waals surface area contributed by atoms with Gasteiger partial charge in [0.15, 0.2) is 5.83 Å². The van der Waals surface area contributed by atoms with E-state index in [-0.39, 0.29) is 0 Å². The van der Waals surface area contributed by atoms with Gasteiger partial charge in [-0.1, -0.05) is 0 Å². The van der Waals surface area contributed by atoms with Crippen molar-refractivity contribution in [1.82, 2.24) is 0 Å². The zero-order valence-corrected chi connectivity index (χ0v) is 7.28. The summed E-state index contributed by atoms with van der Waals surface area (Å²) < 4.78 is 127. The second-order valence-electron chi connectivity index (χ2n) is 3.67. The van der Waals surface area contributed by atoms with Crippen LogP contribution in [0.2, 0.25) is 0 Å². The fourth-order valence-corrected chi connectivity index (χ4v) is 1.92. The van der Waals surface area contributed by atoms with Crippen LogP contribution >= 0.6 is 0 Å². The summed E-state index contributed by atoms with van der Waals surface area (Å²) in [6, 6.07) is 0. The highest BCUT2D eigenvalue weighted by atomic mass is 19.3. The quantitative estimate of drug-likeness (QED) is 0.593. The van der Waals surface area contributed by atoms with E-state index < -0.39 is 40.8 Å². The first-order chi connectivity index (χ1) is 7.32. The highest BCUT2D eigenvalue weighted by Crippen LogP contribution is 2.78. The smallest absolute Gasteiger partial charge is 0.223 e. The topological polar surface area (TPSA) is 0 Å². The molecule has 0 heterocycles. The van der Waals surface area contributed by atoms with E-state index in [1.165, 1.54) is 0 Å². The summed E-state index contributed by atoms with van der Waals surface area (Å²) in [6.07, 6.45) is 0. The van der Waals surface area contributed by atoms with Gasteiger partial charge in [0.1, 0.15) is 0 Å². The third-order valence-electron chi connectivity index (χ3n) is 2.93.